The number of carboxylic acids is 1. The molecule has 3 aromatic rings. The zero-order valence-electron chi connectivity index (χ0n) is 50.2. The number of fused-ring (bicyclic) bond motifs is 1. The molecule has 0 aliphatic rings. The number of nitrogens with zero attached hydrogens (tertiary/aromatic N) is 4. The van der Waals surface area contributed by atoms with Crippen LogP contribution in [0.3, 0.4) is 0 Å². The number of amides is 9. The molecule has 0 saturated carbocycles. The molecule has 0 fully saturated rings. The summed E-state index contributed by atoms with van der Waals surface area (Å²) in [4.78, 5) is 152. The number of carbonyl (C=O) groups excluding carboxylic acids is 9. The number of imidazole rings is 1. The van der Waals surface area contributed by atoms with Crippen molar-refractivity contribution in [2.24, 2.45) is 50.5 Å². The van der Waals surface area contributed by atoms with E-state index in [2.05, 4.69) is 62.5 Å². The van der Waals surface area contributed by atoms with Crippen LogP contribution in [-0.2, 0) is 60.8 Å². The number of H-pyrrole nitrogens is 1. The smallest absolute Gasteiger partial charge is 0.326 e. The van der Waals surface area contributed by atoms with Crippen LogP contribution in [0.2, 0.25) is 0 Å². The van der Waals surface area contributed by atoms with Crippen molar-refractivity contribution in [1.82, 2.24) is 57.4 Å². The van der Waals surface area contributed by atoms with Crippen LogP contribution in [0, 0.1) is 11.8 Å². The van der Waals surface area contributed by atoms with Crippen LogP contribution >= 0.6 is 0 Å². The second-order valence-corrected chi connectivity index (χ2v) is 21.6. The van der Waals surface area contributed by atoms with Gasteiger partial charge in [-0.15, -0.1) is 0 Å². The Bertz CT molecular complexity index is 2850. The zero-order chi connectivity index (χ0) is 65.1. The molecule has 11 atom stereocenters. The summed E-state index contributed by atoms with van der Waals surface area (Å²) in [5.74, 6) is -10.3. The summed E-state index contributed by atoms with van der Waals surface area (Å²) in [6, 6.07) is 1.29. The number of nitrogens with one attached hydrogen (secondary N) is 9. The number of guanidine groups is 2. The van der Waals surface area contributed by atoms with Gasteiger partial charge in [-0.25, -0.2) is 9.78 Å². The average molecular weight is 1220 g/mol. The van der Waals surface area contributed by atoms with Crippen LogP contribution in [0.25, 0.3) is 10.8 Å². The molecular weight excluding hydrogens is 1130 g/mol. The van der Waals surface area contributed by atoms with Crippen molar-refractivity contribution in [3.63, 3.8) is 0 Å². The number of carboxylic acid groups (broad SMARTS) is 1. The average Bonchev–Trinajstić information content (AvgIpc) is 4.13. The lowest BCUT2D eigenvalue weighted by Gasteiger charge is -2.29. The summed E-state index contributed by atoms with van der Waals surface area (Å²) in [6.45, 7) is 9.30. The predicted octanol–water partition coefficient (Wildman–Crippen LogP) is -4.31. The largest absolute Gasteiger partial charge is 0.480 e. The maximum atomic E-state index is 14.6. The van der Waals surface area contributed by atoms with Gasteiger partial charge in [0.15, 0.2) is 11.9 Å². The lowest BCUT2D eigenvalue weighted by molar-refractivity contribution is -0.143. The Hall–Kier alpha value is -8.97. The molecule has 1 unspecified atom stereocenters. The molecule has 1 heterocycles. The number of rotatable bonds is 37. The molecule has 480 valence electrons. The number of aliphatic carboxylic acids is 1. The van der Waals surface area contributed by atoms with E-state index in [9.17, 15) is 63.3 Å². The molecule has 22 N–H and O–H groups in total. The quantitative estimate of drug-likeness (QED) is 0.0147. The van der Waals surface area contributed by atoms with Gasteiger partial charge in [-0.3, -0.25) is 53.1 Å². The number of nitrogens with two attached hydrogens (primary N) is 5. The van der Waals surface area contributed by atoms with E-state index in [1.54, 1.807) is 45.9 Å². The Balaban J connectivity index is 1.85. The highest BCUT2D eigenvalue weighted by Gasteiger charge is 2.37. The van der Waals surface area contributed by atoms with Gasteiger partial charge in [0.25, 0.3) is 0 Å². The molecule has 0 aliphatic carbocycles. The Morgan fingerprint density at radius 1 is 0.644 bits per heavy atom. The van der Waals surface area contributed by atoms with Crippen molar-refractivity contribution in [2.45, 2.75) is 154 Å². The van der Waals surface area contributed by atoms with E-state index in [0.717, 1.165) is 29.5 Å². The lowest BCUT2D eigenvalue weighted by Crippen LogP contribution is -2.62. The third-order valence-corrected chi connectivity index (χ3v) is 13.8. The maximum Gasteiger partial charge on any atom is 0.326 e. The van der Waals surface area contributed by atoms with Gasteiger partial charge in [-0.05, 0) is 74.6 Å². The number of benzene rings is 2. The zero-order valence-corrected chi connectivity index (χ0v) is 50.2. The van der Waals surface area contributed by atoms with E-state index in [0.29, 0.717) is 24.1 Å². The van der Waals surface area contributed by atoms with Gasteiger partial charge < -0.3 is 96.4 Å². The third kappa shape index (κ3) is 24.9. The van der Waals surface area contributed by atoms with Gasteiger partial charge in [0.2, 0.25) is 53.2 Å². The van der Waals surface area contributed by atoms with Gasteiger partial charge in [-0.1, -0.05) is 76.6 Å². The molecule has 0 aliphatic heterocycles. The summed E-state index contributed by atoms with van der Waals surface area (Å²) in [5.41, 5.74) is 28.7. The van der Waals surface area contributed by atoms with Crippen molar-refractivity contribution in [3.05, 3.63) is 66.2 Å². The summed E-state index contributed by atoms with van der Waals surface area (Å²) in [7, 11) is 0. The molecule has 3 rings (SSSR count). The van der Waals surface area contributed by atoms with Crippen LogP contribution in [-0.4, -0.2) is 195 Å². The molecule has 31 nitrogen and oxygen atoms in total. The van der Waals surface area contributed by atoms with E-state index in [-0.39, 0.29) is 69.6 Å². The fraction of sp³-hybridized carbons (Fsp3) is 0.554. The fourth-order valence-corrected chi connectivity index (χ4v) is 8.83. The first kappa shape index (κ1) is 72.3. The topological polar surface area (TPSA) is 514 Å². The number of aromatic nitrogens is 2. The van der Waals surface area contributed by atoms with E-state index in [1.807, 2.05) is 24.3 Å². The second-order valence-electron chi connectivity index (χ2n) is 21.6. The molecular formula is C56H88N18O13. The van der Waals surface area contributed by atoms with E-state index in [1.165, 1.54) is 19.4 Å². The monoisotopic (exact) mass is 1220 g/mol. The van der Waals surface area contributed by atoms with Crippen LogP contribution in [0.4, 0.5) is 0 Å². The van der Waals surface area contributed by atoms with Gasteiger partial charge in [0.05, 0.1) is 37.7 Å². The highest BCUT2D eigenvalue weighted by Crippen LogP contribution is 2.21. The normalized spacial score (nSPS) is 14.9. The predicted molar refractivity (Wildman–Crippen MR) is 322 cm³/mol. The fourth-order valence-electron chi connectivity index (χ4n) is 8.83. The highest BCUT2D eigenvalue weighted by atomic mass is 16.4. The Morgan fingerprint density at radius 2 is 1.21 bits per heavy atom. The van der Waals surface area contributed by atoms with Crippen LogP contribution < -0.4 is 71.2 Å². The first-order valence-electron chi connectivity index (χ1n) is 28.6. The molecule has 0 saturated heterocycles. The number of aliphatic hydroxyl groups is 2. The Morgan fingerprint density at radius 3 is 1.80 bits per heavy atom. The maximum absolute atomic E-state index is 14.6. The number of aliphatic hydroxyl groups excluding tert-OH is 2. The molecule has 87 heavy (non-hydrogen) atoms. The Kier molecular flexibility index (Phi) is 30.0. The number of hydrogen-bond acceptors (Lipinski definition) is 16. The molecule has 0 spiro atoms. The SMILES string of the molecule is CCC(C)[C@H](NC(=O)CN(CCCN=C(N)N)C(=O)CNC(=O)[C@@H](NC(=O)[C@@H](NC(=O)[C@H](Cc1cnc[nH]1)NC(=O)[C@H](Cc1cccc2ccccc12)NC(=O)[C@H](C)NC(=O)[C@@H](N)CCCN=C(N)N)[C@@H](C)O)[C@@H](C)O)C(=O)N[C@H](CC(C)C)C(=O)O. The van der Waals surface area contributed by atoms with Crippen molar-refractivity contribution in [1.29, 1.82) is 0 Å². The van der Waals surface area contributed by atoms with Gasteiger partial charge in [0.1, 0.15) is 42.3 Å². The first-order valence-corrected chi connectivity index (χ1v) is 28.6. The van der Waals surface area contributed by atoms with E-state index < -0.39 is 139 Å². The van der Waals surface area contributed by atoms with Crippen LogP contribution in [0.15, 0.2) is 65.0 Å². The lowest BCUT2D eigenvalue weighted by atomic mass is 9.97. The van der Waals surface area contributed by atoms with Crippen LogP contribution in [0.5, 0.6) is 0 Å². The van der Waals surface area contributed by atoms with Gasteiger partial charge in [-0.2, -0.15) is 0 Å². The third-order valence-electron chi connectivity index (χ3n) is 13.8. The number of aromatic amines is 1. The summed E-state index contributed by atoms with van der Waals surface area (Å²) in [6.07, 6.45) is 0.0825. The molecule has 9 amide bonds. The van der Waals surface area contributed by atoms with Crippen LogP contribution in [0.1, 0.15) is 91.8 Å². The molecule has 0 radical (unpaired) electrons. The Labute approximate surface area is 504 Å². The van der Waals surface area contributed by atoms with E-state index >= 15 is 0 Å². The van der Waals surface area contributed by atoms with Gasteiger partial charge >= 0.3 is 5.97 Å². The van der Waals surface area contributed by atoms with Crippen molar-refractivity contribution in [3.8, 4) is 0 Å². The molecule has 31 heteroatoms. The summed E-state index contributed by atoms with van der Waals surface area (Å²) >= 11 is 0. The molecule has 2 aromatic carbocycles. The molecule has 0 bridgehead atoms. The standard InChI is InChI=1S/C56H88N18O13/c1-8-30(4)44(52(84)70-41(54(86)87)22-29(2)3)71-42(77)27-74(21-13-20-64-56(60)61)43(78)26-65-51(83)45(32(6)75)73-53(85)46(33(7)76)72-50(82)40(24-36-25-62-28-66-36)69-49(81)39(23-35-16-11-15-34-14-9-10-17-37(34)35)68-47(79)31(5)67-48(80)38(57)18-12-19-63-55(58)59/h9-11,14-17,25,28-33,38-41,44-46,75-76H,8,12-13,18-24,26-27,57H2,1-7H3,(H,62,66)(H,65,83)(H,67,80)(H,68,79)(H,69,81)(H,70,84)(H,71,77)(H,72,82)(H,73,85)(H,86,87)(H4,58,59,63)(H4,60,61,64)/t30?,31-,32+,33+,38-,39-,40-,41+,44-,45-,46-/m0/s1. The minimum Gasteiger partial charge on any atom is -0.480 e. The first-order chi connectivity index (χ1) is 41.0. The van der Waals surface area contributed by atoms with Crippen molar-refractivity contribution < 1.29 is 63.3 Å². The van der Waals surface area contributed by atoms with Gasteiger partial charge in [0, 0.05) is 44.4 Å². The number of aliphatic imine (C=N–C) groups is 2. The number of hydrogen-bond donors (Lipinski definition) is 17. The molecule has 1 aromatic heterocycles. The van der Waals surface area contributed by atoms with Crippen molar-refractivity contribution >= 4 is 81.8 Å². The summed E-state index contributed by atoms with van der Waals surface area (Å²) < 4.78 is 0. The highest BCUT2D eigenvalue weighted by molar-refractivity contribution is 5.98. The van der Waals surface area contributed by atoms with Crippen molar-refractivity contribution in [2.75, 3.05) is 32.7 Å². The summed E-state index contributed by atoms with van der Waals surface area (Å²) in [5, 5.41) is 53.1. The minimum absolute atomic E-state index is 0.0201. The van der Waals surface area contributed by atoms with E-state index in [4.69, 9.17) is 28.7 Å². The minimum atomic E-state index is -1.87. The number of carbonyl (C=O) groups is 10. The second kappa shape index (κ2) is 36.1.